The van der Waals surface area contributed by atoms with Crippen molar-refractivity contribution in [1.82, 2.24) is 10.2 Å². The minimum Gasteiger partial charge on any atom is -0.371 e. The van der Waals surface area contributed by atoms with Crippen molar-refractivity contribution in [2.24, 2.45) is 0 Å². The summed E-state index contributed by atoms with van der Waals surface area (Å²) in [6, 6.07) is 12.9. The molecule has 1 saturated heterocycles. The monoisotopic (exact) mass is 469 g/mol. The van der Waals surface area contributed by atoms with Gasteiger partial charge in [-0.05, 0) is 74.7 Å². The van der Waals surface area contributed by atoms with Gasteiger partial charge in [0.15, 0.2) is 0 Å². The number of nitrogens with zero attached hydrogens (tertiary/aromatic N) is 2. The van der Waals surface area contributed by atoms with Crippen molar-refractivity contribution in [2.45, 2.75) is 31.6 Å². The average Bonchev–Trinajstić information content (AvgIpc) is 3.37. The van der Waals surface area contributed by atoms with Crippen molar-refractivity contribution < 1.29 is 9.59 Å². The highest BCUT2D eigenvalue weighted by Gasteiger charge is 2.20. The molecule has 3 rings (SSSR count). The van der Waals surface area contributed by atoms with Gasteiger partial charge in [0, 0.05) is 48.1 Å². The van der Waals surface area contributed by atoms with Crippen LogP contribution in [0.15, 0.2) is 47.4 Å². The summed E-state index contributed by atoms with van der Waals surface area (Å²) in [6.07, 6.45) is 4.26. The predicted octanol–water partition coefficient (Wildman–Crippen LogP) is 4.72. The lowest BCUT2D eigenvalue weighted by atomic mass is 10.1. The number of benzene rings is 2. The van der Waals surface area contributed by atoms with Crippen LogP contribution in [0.25, 0.3) is 0 Å². The first-order chi connectivity index (χ1) is 16.0. The molecule has 0 unspecified atom stereocenters. The van der Waals surface area contributed by atoms with Crippen LogP contribution in [-0.2, 0) is 0 Å². The molecular formula is C25H35N5O2S. The van der Waals surface area contributed by atoms with Crippen molar-refractivity contribution in [2.75, 3.05) is 61.1 Å². The fourth-order valence-electron chi connectivity index (χ4n) is 3.96. The number of amides is 3. The number of hydrogen-bond acceptors (Lipinski definition) is 5. The Morgan fingerprint density at radius 3 is 2.24 bits per heavy atom. The second-order valence-corrected chi connectivity index (χ2v) is 8.90. The predicted molar refractivity (Wildman–Crippen MR) is 139 cm³/mol. The molecule has 1 fully saturated rings. The number of nitrogens with one attached hydrogen (secondary N) is 3. The molecule has 1 heterocycles. The Labute approximate surface area is 201 Å². The largest absolute Gasteiger partial charge is 0.371 e. The van der Waals surface area contributed by atoms with Gasteiger partial charge in [0.05, 0.1) is 5.56 Å². The van der Waals surface area contributed by atoms with E-state index in [1.807, 2.05) is 42.7 Å². The average molecular weight is 470 g/mol. The molecule has 7 nitrogen and oxygen atoms in total. The lowest BCUT2D eigenvalue weighted by Gasteiger charge is -2.23. The first-order valence-electron chi connectivity index (χ1n) is 11.7. The Balaban J connectivity index is 1.70. The number of carbonyl (C=O) groups excluding carboxylic acids is 2. The summed E-state index contributed by atoms with van der Waals surface area (Å²) in [7, 11) is 0. The number of hydrogen-bond donors (Lipinski definition) is 3. The molecule has 0 spiro atoms. The SMILES string of the molecule is CCN(CC)CCNC(=O)c1cc(NC(=O)Nc2ccc(SC)cc2)ccc1N1CCCC1. The number of thioether (sulfide) groups is 1. The van der Waals surface area contributed by atoms with E-state index in [1.54, 1.807) is 17.8 Å². The molecule has 33 heavy (non-hydrogen) atoms. The van der Waals surface area contributed by atoms with Crippen molar-refractivity contribution in [3.05, 3.63) is 48.0 Å². The summed E-state index contributed by atoms with van der Waals surface area (Å²) < 4.78 is 0. The number of anilines is 3. The maximum Gasteiger partial charge on any atom is 0.323 e. The summed E-state index contributed by atoms with van der Waals surface area (Å²) in [5.41, 5.74) is 2.82. The van der Waals surface area contributed by atoms with Crippen LogP contribution in [0.5, 0.6) is 0 Å². The summed E-state index contributed by atoms with van der Waals surface area (Å²) >= 11 is 1.65. The molecule has 3 N–H and O–H groups in total. The van der Waals surface area contributed by atoms with Gasteiger partial charge in [-0.1, -0.05) is 13.8 Å². The van der Waals surface area contributed by atoms with Gasteiger partial charge < -0.3 is 25.8 Å². The van der Waals surface area contributed by atoms with Crippen LogP contribution < -0.4 is 20.9 Å². The van der Waals surface area contributed by atoms with E-state index in [-0.39, 0.29) is 11.9 Å². The number of rotatable bonds is 10. The highest BCUT2D eigenvalue weighted by molar-refractivity contribution is 7.98. The standard InChI is InChI=1S/C25H35N5O2S/c1-4-29(5-2)17-14-26-24(31)22-18-20(10-13-23(22)30-15-6-7-16-30)28-25(32)27-19-8-11-21(33-3)12-9-19/h8-13,18H,4-7,14-17H2,1-3H3,(H,26,31)(H2,27,28,32). The molecule has 3 amide bonds. The van der Waals surface area contributed by atoms with Gasteiger partial charge in [0.25, 0.3) is 5.91 Å². The van der Waals surface area contributed by atoms with Crippen LogP contribution in [0, 0.1) is 0 Å². The lowest BCUT2D eigenvalue weighted by Crippen LogP contribution is -2.35. The third-order valence-corrected chi connectivity index (χ3v) is 6.65. The van der Waals surface area contributed by atoms with Gasteiger partial charge in [0.2, 0.25) is 0 Å². The Hall–Kier alpha value is -2.71. The van der Waals surface area contributed by atoms with Gasteiger partial charge in [-0.3, -0.25) is 4.79 Å². The lowest BCUT2D eigenvalue weighted by molar-refractivity contribution is 0.0949. The van der Waals surface area contributed by atoms with E-state index >= 15 is 0 Å². The molecule has 0 atom stereocenters. The zero-order valence-corrected chi connectivity index (χ0v) is 20.6. The summed E-state index contributed by atoms with van der Waals surface area (Å²) in [5.74, 6) is -0.110. The molecule has 0 aliphatic carbocycles. The van der Waals surface area contributed by atoms with Crippen LogP contribution >= 0.6 is 11.8 Å². The number of likely N-dealkylation sites (N-methyl/N-ethyl adjacent to an activating group) is 1. The summed E-state index contributed by atoms with van der Waals surface area (Å²) in [5, 5.41) is 8.76. The highest BCUT2D eigenvalue weighted by atomic mass is 32.2. The minimum atomic E-state index is -0.339. The van der Waals surface area contributed by atoms with Crippen molar-refractivity contribution in [1.29, 1.82) is 0 Å². The smallest absolute Gasteiger partial charge is 0.323 e. The first-order valence-corrected chi connectivity index (χ1v) is 12.9. The number of urea groups is 1. The van der Waals surface area contributed by atoms with Crippen molar-refractivity contribution in [3.63, 3.8) is 0 Å². The quantitative estimate of drug-likeness (QED) is 0.439. The topological polar surface area (TPSA) is 76.7 Å². The Morgan fingerprint density at radius 2 is 1.61 bits per heavy atom. The van der Waals surface area contributed by atoms with Gasteiger partial charge in [0.1, 0.15) is 0 Å². The zero-order valence-electron chi connectivity index (χ0n) is 19.8. The van der Waals surface area contributed by atoms with Crippen LogP contribution in [-0.4, -0.2) is 62.4 Å². The molecule has 0 aromatic heterocycles. The third-order valence-electron chi connectivity index (χ3n) is 5.90. The van der Waals surface area contributed by atoms with Gasteiger partial charge in [-0.25, -0.2) is 4.79 Å². The van der Waals surface area contributed by atoms with Crippen LogP contribution in [0.1, 0.15) is 37.0 Å². The van der Waals surface area contributed by atoms with Crippen molar-refractivity contribution >= 4 is 40.8 Å². The Bertz CT molecular complexity index is 925. The molecule has 0 bridgehead atoms. The van der Waals surface area contributed by atoms with E-state index in [0.717, 1.165) is 56.1 Å². The van der Waals surface area contributed by atoms with Gasteiger partial charge >= 0.3 is 6.03 Å². The molecule has 8 heteroatoms. The van der Waals surface area contributed by atoms with Crippen LogP contribution in [0.2, 0.25) is 0 Å². The first kappa shape index (κ1) is 24.9. The second kappa shape index (κ2) is 12.5. The molecule has 2 aromatic carbocycles. The maximum absolute atomic E-state index is 13.1. The van der Waals surface area contributed by atoms with Crippen LogP contribution in [0.3, 0.4) is 0 Å². The molecule has 2 aromatic rings. The molecule has 0 radical (unpaired) electrons. The summed E-state index contributed by atoms with van der Waals surface area (Å²) in [4.78, 5) is 31.3. The van der Waals surface area contributed by atoms with E-state index in [9.17, 15) is 9.59 Å². The Kier molecular flexibility index (Phi) is 9.45. The zero-order chi connectivity index (χ0) is 23.6. The third kappa shape index (κ3) is 7.14. The summed E-state index contributed by atoms with van der Waals surface area (Å²) in [6.45, 7) is 9.44. The van der Waals surface area contributed by atoms with E-state index in [4.69, 9.17) is 0 Å². The fraction of sp³-hybridized carbons (Fsp3) is 0.440. The molecule has 1 aliphatic heterocycles. The molecule has 1 aliphatic rings. The molecular weight excluding hydrogens is 434 g/mol. The minimum absolute atomic E-state index is 0.110. The van der Waals surface area contributed by atoms with E-state index < -0.39 is 0 Å². The highest BCUT2D eigenvalue weighted by Crippen LogP contribution is 2.28. The maximum atomic E-state index is 13.1. The van der Waals surface area contributed by atoms with E-state index in [1.165, 1.54) is 0 Å². The Morgan fingerprint density at radius 1 is 0.970 bits per heavy atom. The second-order valence-electron chi connectivity index (χ2n) is 8.02. The van der Waals surface area contributed by atoms with Crippen molar-refractivity contribution in [3.8, 4) is 0 Å². The number of carbonyl (C=O) groups is 2. The molecule has 0 saturated carbocycles. The van der Waals surface area contributed by atoms with Crippen LogP contribution in [0.4, 0.5) is 21.9 Å². The van der Waals surface area contributed by atoms with Gasteiger partial charge in [-0.15, -0.1) is 11.8 Å². The van der Waals surface area contributed by atoms with E-state index in [0.29, 0.717) is 23.5 Å². The fourth-order valence-corrected chi connectivity index (χ4v) is 4.37. The van der Waals surface area contributed by atoms with E-state index in [2.05, 4.69) is 39.6 Å². The molecule has 178 valence electrons. The van der Waals surface area contributed by atoms with Gasteiger partial charge in [-0.2, -0.15) is 0 Å². The normalized spacial score (nSPS) is 13.3.